The summed E-state index contributed by atoms with van der Waals surface area (Å²) < 4.78 is 0. The lowest BCUT2D eigenvalue weighted by Gasteiger charge is -2.26. The molecule has 86 valence electrons. The molecule has 4 nitrogen and oxygen atoms in total. The summed E-state index contributed by atoms with van der Waals surface area (Å²) in [6.07, 6.45) is 1.73. The van der Waals surface area contributed by atoms with E-state index in [0.717, 1.165) is 49.6 Å². The Hall–Kier alpha value is -1.42. The molecule has 1 aromatic rings. The van der Waals surface area contributed by atoms with Crippen molar-refractivity contribution in [1.29, 1.82) is 0 Å². The molecule has 16 heavy (non-hydrogen) atoms. The zero-order chi connectivity index (χ0) is 11.4. The molecule has 1 aliphatic rings. The van der Waals surface area contributed by atoms with E-state index >= 15 is 0 Å². The third-order valence-electron chi connectivity index (χ3n) is 2.91. The van der Waals surface area contributed by atoms with Crippen LogP contribution in [0.3, 0.4) is 0 Å². The first kappa shape index (κ1) is 11.1. The molecule has 1 fully saturated rings. The molecule has 1 saturated heterocycles. The molecule has 0 bridgehead atoms. The molecular weight excluding hydrogens is 202 g/mol. The summed E-state index contributed by atoms with van der Waals surface area (Å²) in [6, 6.07) is 6.11. The van der Waals surface area contributed by atoms with Gasteiger partial charge >= 0.3 is 0 Å². The van der Waals surface area contributed by atoms with Gasteiger partial charge in [-0.15, -0.1) is 0 Å². The molecule has 0 radical (unpaired) electrons. The Bertz CT molecular complexity index is 380. The first-order chi connectivity index (χ1) is 7.78. The van der Waals surface area contributed by atoms with Gasteiger partial charge in [0.25, 0.3) is 0 Å². The lowest BCUT2D eigenvalue weighted by Crippen LogP contribution is -2.33. The molecule has 2 heterocycles. The van der Waals surface area contributed by atoms with Crippen molar-refractivity contribution in [3.05, 3.63) is 29.6 Å². The summed E-state index contributed by atoms with van der Waals surface area (Å²) in [5.74, 6) is 0. The number of hydrogen-bond donors (Lipinski definition) is 1. The quantitative estimate of drug-likeness (QED) is 0.609. The molecule has 4 heteroatoms. The minimum absolute atomic E-state index is 0.863. The largest absolute Gasteiger partial charge is 0.411 e. The summed E-state index contributed by atoms with van der Waals surface area (Å²) >= 11 is 0. The van der Waals surface area contributed by atoms with E-state index in [-0.39, 0.29) is 0 Å². The average Bonchev–Trinajstić information content (AvgIpc) is 2.30. The zero-order valence-electron chi connectivity index (χ0n) is 9.56. The first-order valence-electron chi connectivity index (χ1n) is 5.62. The van der Waals surface area contributed by atoms with Gasteiger partial charge in [-0.1, -0.05) is 11.2 Å². The van der Waals surface area contributed by atoms with Crippen LogP contribution in [0.4, 0.5) is 0 Å². The molecule has 0 aromatic carbocycles. The highest BCUT2D eigenvalue weighted by atomic mass is 16.4. The van der Waals surface area contributed by atoms with Gasteiger partial charge in [-0.2, -0.15) is 0 Å². The summed E-state index contributed by atoms with van der Waals surface area (Å²) in [6.45, 7) is 4.81. The maximum atomic E-state index is 8.66. The average molecular weight is 219 g/mol. The maximum absolute atomic E-state index is 8.66. The number of likely N-dealkylation sites (tertiary alicyclic amines) is 1. The fourth-order valence-corrected chi connectivity index (χ4v) is 1.99. The number of aryl methyl sites for hydroxylation is 1. The van der Waals surface area contributed by atoms with Gasteiger partial charge in [-0.25, -0.2) is 0 Å². The number of nitrogens with zero attached hydrogens (tertiary/aromatic N) is 3. The van der Waals surface area contributed by atoms with E-state index in [0.29, 0.717) is 0 Å². The van der Waals surface area contributed by atoms with Crippen LogP contribution in [0.5, 0.6) is 0 Å². The van der Waals surface area contributed by atoms with E-state index in [2.05, 4.69) is 21.1 Å². The van der Waals surface area contributed by atoms with Gasteiger partial charge in [-0.05, 0) is 19.1 Å². The maximum Gasteiger partial charge on any atom is 0.0596 e. The first-order valence-corrected chi connectivity index (χ1v) is 5.62. The normalized spacial score (nSPS) is 17.4. The highest BCUT2D eigenvalue weighted by Crippen LogP contribution is 2.10. The van der Waals surface area contributed by atoms with Crippen LogP contribution in [0.2, 0.25) is 0 Å². The predicted molar refractivity (Wildman–Crippen MR) is 62.7 cm³/mol. The van der Waals surface area contributed by atoms with Crippen LogP contribution in [0.15, 0.2) is 23.4 Å². The van der Waals surface area contributed by atoms with Crippen LogP contribution < -0.4 is 0 Å². The van der Waals surface area contributed by atoms with Crippen LogP contribution in [0.25, 0.3) is 0 Å². The van der Waals surface area contributed by atoms with Gasteiger partial charge in [-0.3, -0.25) is 9.88 Å². The van der Waals surface area contributed by atoms with Gasteiger partial charge in [0.1, 0.15) is 0 Å². The van der Waals surface area contributed by atoms with Gasteiger partial charge < -0.3 is 5.21 Å². The second-order valence-electron chi connectivity index (χ2n) is 4.21. The van der Waals surface area contributed by atoms with Crippen LogP contribution in [0.1, 0.15) is 24.2 Å². The minimum atomic E-state index is 0.863. The van der Waals surface area contributed by atoms with Crippen LogP contribution in [-0.4, -0.2) is 33.9 Å². The van der Waals surface area contributed by atoms with E-state index in [1.165, 1.54) is 0 Å². The topological polar surface area (TPSA) is 48.7 Å². The van der Waals surface area contributed by atoms with E-state index in [1.54, 1.807) is 0 Å². The monoisotopic (exact) mass is 219 g/mol. The van der Waals surface area contributed by atoms with Crippen molar-refractivity contribution < 1.29 is 5.21 Å². The number of piperidine rings is 1. The Kier molecular flexibility index (Phi) is 3.51. The summed E-state index contributed by atoms with van der Waals surface area (Å²) in [5.41, 5.74) is 3.09. The number of rotatable bonds is 2. The fourth-order valence-electron chi connectivity index (χ4n) is 1.99. The third-order valence-corrected chi connectivity index (χ3v) is 2.91. The molecule has 0 amide bonds. The molecular formula is C12H17N3O. The second kappa shape index (κ2) is 5.07. The Morgan fingerprint density at radius 3 is 2.75 bits per heavy atom. The molecule has 0 atom stereocenters. The van der Waals surface area contributed by atoms with Crippen molar-refractivity contribution in [3.8, 4) is 0 Å². The molecule has 0 aliphatic carbocycles. The molecule has 0 spiro atoms. The van der Waals surface area contributed by atoms with Crippen LogP contribution in [0, 0.1) is 6.92 Å². The van der Waals surface area contributed by atoms with Crippen molar-refractivity contribution in [2.24, 2.45) is 5.16 Å². The SMILES string of the molecule is Cc1cccc(CN2CCC(=NO)CC2)n1. The van der Waals surface area contributed by atoms with E-state index in [1.807, 2.05) is 19.1 Å². The van der Waals surface area contributed by atoms with Crippen molar-refractivity contribution in [1.82, 2.24) is 9.88 Å². The van der Waals surface area contributed by atoms with Crippen molar-refractivity contribution in [2.75, 3.05) is 13.1 Å². The smallest absolute Gasteiger partial charge is 0.0596 e. The summed E-state index contributed by atoms with van der Waals surface area (Å²) in [7, 11) is 0. The Morgan fingerprint density at radius 2 is 2.12 bits per heavy atom. The van der Waals surface area contributed by atoms with E-state index in [4.69, 9.17) is 5.21 Å². The van der Waals surface area contributed by atoms with Crippen LogP contribution in [-0.2, 0) is 6.54 Å². The molecule has 0 saturated carbocycles. The Morgan fingerprint density at radius 1 is 1.38 bits per heavy atom. The van der Waals surface area contributed by atoms with E-state index < -0.39 is 0 Å². The Labute approximate surface area is 95.6 Å². The zero-order valence-corrected chi connectivity index (χ0v) is 9.56. The summed E-state index contributed by atoms with van der Waals surface area (Å²) in [4.78, 5) is 6.83. The number of aromatic nitrogens is 1. The van der Waals surface area contributed by atoms with Gasteiger partial charge in [0.05, 0.1) is 11.4 Å². The highest BCUT2D eigenvalue weighted by molar-refractivity contribution is 5.84. The van der Waals surface area contributed by atoms with Gasteiger partial charge in [0.15, 0.2) is 0 Å². The van der Waals surface area contributed by atoms with Crippen molar-refractivity contribution in [3.63, 3.8) is 0 Å². The number of pyridine rings is 1. The van der Waals surface area contributed by atoms with Gasteiger partial charge in [0, 0.05) is 38.2 Å². The summed E-state index contributed by atoms with van der Waals surface area (Å²) in [5, 5.41) is 11.9. The lowest BCUT2D eigenvalue weighted by molar-refractivity contribution is 0.253. The minimum Gasteiger partial charge on any atom is -0.411 e. The molecule has 1 aromatic heterocycles. The number of oxime groups is 1. The van der Waals surface area contributed by atoms with Crippen LogP contribution >= 0.6 is 0 Å². The number of hydrogen-bond acceptors (Lipinski definition) is 4. The molecule has 2 rings (SSSR count). The standard InChI is InChI=1S/C12H17N3O/c1-10-3-2-4-12(13-10)9-15-7-5-11(14-16)6-8-15/h2-4,16H,5-9H2,1H3. The highest BCUT2D eigenvalue weighted by Gasteiger charge is 2.15. The third kappa shape index (κ3) is 2.79. The van der Waals surface area contributed by atoms with Crippen molar-refractivity contribution >= 4 is 5.71 Å². The Balaban J connectivity index is 1.92. The predicted octanol–water partition coefficient (Wildman–Crippen LogP) is 1.82. The van der Waals surface area contributed by atoms with E-state index in [9.17, 15) is 0 Å². The fraction of sp³-hybridized carbons (Fsp3) is 0.500. The second-order valence-corrected chi connectivity index (χ2v) is 4.21. The molecule has 1 N–H and O–H groups in total. The molecule has 1 aliphatic heterocycles. The molecule has 0 unspecified atom stereocenters. The lowest BCUT2D eigenvalue weighted by atomic mass is 10.1. The van der Waals surface area contributed by atoms with Crippen molar-refractivity contribution in [2.45, 2.75) is 26.3 Å². The van der Waals surface area contributed by atoms with Gasteiger partial charge in [0.2, 0.25) is 0 Å².